The number of aryl methyl sites for hydroxylation is 1. The third-order valence-corrected chi connectivity index (χ3v) is 2.22. The van der Waals surface area contributed by atoms with Crippen LogP contribution in [0.1, 0.15) is 23.1 Å². The summed E-state index contributed by atoms with van der Waals surface area (Å²) in [7, 11) is 0. The summed E-state index contributed by atoms with van der Waals surface area (Å²) in [5.74, 6) is 1.17. The van der Waals surface area contributed by atoms with Crippen molar-refractivity contribution >= 4 is 5.78 Å². The van der Waals surface area contributed by atoms with Gasteiger partial charge in [-0.15, -0.1) is 0 Å². The van der Waals surface area contributed by atoms with Crippen LogP contribution in [0.5, 0.6) is 11.5 Å². The predicted octanol–water partition coefficient (Wildman–Crippen LogP) is 2.78. The fourth-order valence-electron chi connectivity index (χ4n) is 1.30. The molecule has 2 rings (SSSR count). The number of carbonyl (C=O) groups is 1. The van der Waals surface area contributed by atoms with E-state index in [0.29, 0.717) is 17.2 Å². The van der Waals surface area contributed by atoms with Crippen LogP contribution in [0.3, 0.4) is 0 Å². The molecule has 0 fully saturated rings. The van der Waals surface area contributed by atoms with E-state index < -0.39 is 0 Å². The third-order valence-electron chi connectivity index (χ3n) is 2.22. The van der Waals surface area contributed by atoms with Gasteiger partial charge in [0.1, 0.15) is 17.2 Å². The first-order valence-corrected chi connectivity index (χ1v) is 5.22. The van der Waals surface area contributed by atoms with Gasteiger partial charge >= 0.3 is 0 Å². The van der Waals surface area contributed by atoms with Gasteiger partial charge in [0.05, 0.1) is 12.4 Å². The topological polar surface area (TPSA) is 52.1 Å². The number of pyridine rings is 2. The van der Waals surface area contributed by atoms with E-state index in [9.17, 15) is 4.79 Å². The molecule has 17 heavy (non-hydrogen) atoms. The average Bonchev–Trinajstić information content (AvgIpc) is 2.33. The Hall–Kier alpha value is -2.23. The van der Waals surface area contributed by atoms with Gasteiger partial charge < -0.3 is 4.74 Å². The van der Waals surface area contributed by atoms with E-state index in [4.69, 9.17) is 4.74 Å². The van der Waals surface area contributed by atoms with E-state index in [2.05, 4.69) is 9.97 Å². The smallest absolute Gasteiger partial charge is 0.178 e. The van der Waals surface area contributed by atoms with E-state index in [1.54, 1.807) is 18.3 Å². The molecule has 2 aromatic heterocycles. The van der Waals surface area contributed by atoms with Gasteiger partial charge in [-0.05, 0) is 31.2 Å². The van der Waals surface area contributed by atoms with Crippen molar-refractivity contribution in [3.05, 3.63) is 48.0 Å². The molecule has 2 heterocycles. The van der Waals surface area contributed by atoms with Crippen molar-refractivity contribution in [3.8, 4) is 11.5 Å². The number of carbonyl (C=O) groups excluding carboxylic acids is 1. The van der Waals surface area contributed by atoms with Gasteiger partial charge in [0.15, 0.2) is 5.78 Å². The molecule has 86 valence electrons. The number of Topliss-reactive ketones (excluding diaryl/α,β-unsaturated/α-hetero) is 1. The van der Waals surface area contributed by atoms with Crippen molar-refractivity contribution in [2.75, 3.05) is 0 Å². The summed E-state index contributed by atoms with van der Waals surface area (Å²) in [6.45, 7) is 3.39. The standard InChI is InChI=1S/C13H12N2O2/c1-9-3-4-11(7-14-9)17-12-5-6-13(10(2)16)15-8-12/h3-8H,1-2H3. The molecule has 0 amide bonds. The Morgan fingerprint density at radius 1 is 1.06 bits per heavy atom. The van der Waals surface area contributed by atoms with Crippen molar-refractivity contribution in [2.24, 2.45) is 0 Å². The lowest BCUT2D eigenvalue weighted by molar-refractivity contribution is 0.101. The zero-order valence-corrected chi connectivity index (χ0v) is 9.68. The summed E-state index contributed by atoms with van der Waals surface area (Å²) >= 11 is 0. The molecule has 2 aromatic rings. The van der Waals surface area contributed by atoms with Gasteiger partial charge in [0, 0.05) is 12.6 Å². The van der Waals surface area contributed by atoms with Crippen LogP contribution in [0.15, 0.2) is 36.7 Å². The number of ketones is 1. The Kier molecular flexibility index (Phi) is 3.14. The molecule has 4 nitrogen and oxygen atoms in total. The Balaban J connectivity index is 2.13. The second-order valence-electron chi connectivity index (χ2n) is 3.67. The van der Waals surface area contributed by atoms with Crippen molar-refractivity contribution in [2.45, 2.75) is 13.8 Å². The highest BCUT2D eigenvalue weighted by Gasteiger charge is 2.02. The number of nitrogens with zero attached hydrogens (tertiary/aromatic N) is 2. The number of ether oxygens (including phenoxy) is 1. The molecule has 0 aliphatic heterocycles. The molecule has 0 spiro atoms. The van der Waals surface area contributed by atoms with E-state index in [1.165, 1.54) is 13.1 Å². The number of hydrogen-bond donors (Lipinski definition) is 0. The molecule has 0 atom stereocenters. The van der Waals surface area contributed by atoms with Crippen molar-refractivity contribution in [1.82, 2.24) is 9.97 Å². The van der Waals surface area contributed by atoms with Crippen LogP contribution < -0.4 is 4.74 Å². The number of hydrogen-bond acceptors (Lipinski definition) is 4. The second kappa shape index (κ2) is 4.74. The highest BCUT2D eigenvalue weighted by atomic mass is 16.5. The molecule has 0 unspecified atom stereocenters. The van der Waals surface area contributed by atoms with Gasteiger partial charge in [-0.1, -0.05) is 0 Å². The Labute approximate surface area is 99.3 Å². The summed E-state index contributed by atoms with van der Waals surface area (Å²) in [6, 6.07) is 7.05. The summed E-state index contributed by atoms with van der Waals surface area (Å²) in [6.07, 6.45) is 3.17. The molecule has 0 bridgehead atoms. The van der Waals surface area contributed by atoms with E-state index in [-0.39, 0.29) is 5.78 Å². The Bertz CT molecular complexity index is 518. The number of aromatic nitrogens is 2. The summed E-state index contributed by atoms with van der Waals surface area (Å²) in [4.78, 5) is 19.2. The maximum absolute atomic E-state index is 11.0. The Morgan fingerprint density at radius 3 is 2.18 bits per heavy atom. The van der Waals surface area contributed by atoms with Gasteiger partial charge in [-0.3, -0.25) is 9.78 Å². The molecule has 0 aliphatic rings. The van der Waals surface area contributed by atoms with Crippen LogP contribution in [0.2, 0.25) is 0 Å². The van der Waals surface area contributed by atoms with Gasteiger partial charge in [0.2, 0.25) is 0 Å². The van der Waals surface area contributed by atoms with Crippen molar-refractivity contribution < 1.29 is 9.53 Å². The lowest BCUT2D eigenvalue weighted by atomic mass is 10.3. The van der Waals surface area contributed by atoms with Crippen LogP contribution in [0.25, 0.3) is 0 Å². The fourth-order valence-corrected chi connectivity index (χ4v) is 1.30. The zero-order chi connectivity index (χ0) is 12.3. The predicted molar refractivity (Wildman–Crippen MR) is 63.3 cm³/mol. The summed E-state index contributed by atoms with van der Waals surface area (Å²) in [5, 5.41) is 0. The van der Waals surface area contributed by atoms with Crippen LogP contribution in [0.4, 0.5) is 0 Å². The zero-order valence-electron chi connectivity index (χ0n) is 9.68. The minimum atomic E-state index is -0.0615. The number of rotatable bonds is 3. The molecular weight excluding hydrogens is 216 g/mol. The maximum Gasteiger partial charge on any atom is 0.178 e. The molecule has 0 radical (unpaired) electrons. The van der Waals surface area contributed by atoms with Crippen LogP contribution in [-0.2, 0) is 0 Å². The lowest BCUT2D eigenvalue weighted by Crippen LogP contribution is -1.96. The van der Waals surface area contributed by atoms with E-state index in [0.717, 1.165) is 5.69 Å². The molecule has 0 saturated carbocycles. The summed E-state index contributed by atoms with van der Waals surface area (Å²) < 4.78 is 5.53. The van der Waals surface area contributed by atoms with Crippen LogP contribution in [-0.4, -0.2) is 15.8 Å². The second-order valence-corrected chi connectivity index (χ2v) is 3.67. The monoisotopic (exact) mass is 228 g/mol. The molecular formula is C13H12N2O2. The van der Waals surface area contributed by atoms with Gasteiger partial charge in [-0.25, -0.2) is 4.98 Å². The molecule has 0 N–H and O–H groups in total. The van der Waals surface area contributed by atoms with E-state index >= 15 is 0 Å². The van der Waals surface area contributed by atoms with E-state index in [1.807, 2.05) is 19.1 Å². The van der Waals surface area contributed by atoms with Gasteiger partial charge in [0.25, 0.3) is 0 Å². The normalized spacial score (nSPS) is 10.0. The molecule has 0 aromatic carbocycles. The minimum Gasteiger partial charge on any atom is -0.454 e. The van der Waals surface area contributed by atoms with Crippen LogP contribution in [0, 0.1) is 6.92 Å². The summed E-state index contributed by atoms with van der Waals surface area (Å²) in [5.41, 5.74) is 1.36. The third kappa shape index (κ3) is 2.87. The maximum atomic E-state index is 11.0. The highest BCUT2D eigenvalue weighted by Crippen LogP contribution is 2.19. The molecule has 0 saturated heterocycles. The quantitative estimate of drug-likeness (QED) is 0.758. The first-order valence-electron chi connectivity index (χ1n) is 5.22. The largest absolute Gasteiger partial charge is 0.454 e. The minimum absolute atomic E-state index is 0.0615. The first-order chi connectivity index (χ1) is 8.15. The molecule has 4 heteroatoms. The Morgan fingerprint density at radius 2 is 1.71 bits per heavy atom. The van der Waals surface area contributed by atoms with Crippen LogP contribution >= 0.6 is 0 Å². The lowest BCUT2D eigenvalue weighted by Gasteiger charge is -2.05. The highest BCUT2D eigenvalue weighted by molar-refractivity contribution is 5.92. The first kappa shape index (κ1) is 11.3. The SMILES string of the molecule is CC(=O)c1ccc(Oc2ccc(C)nc2)cn1. The molecule has 0 aliphatic carbocycles. The average molecular weight is 228 g/mol. The van der Waals surface area contributed by atoms with Crippen molar-refractivity contribution in [1.29, 1.82) is 0 Å². The fraction of sp³-hybridized carbons (Fsp3) is 0.154. The van der Waals surface area contributed by atoms with Crippen molar-refractivity contribution in [3.63, 3.8) is 0 Å². The van der Waals surface area contributed by atoms with Gasteiger partial charge in [-0.2, -0.15) is 0 Å².